The zero-order valence-electron chi connectivity index (χ0n) is 14.3. The van der Waals surface area contributed by atoms with Crippen LogP contribution in [0.1, 0.15) is 51.2 Å². The van der Waals surface area contributed by atoms with Crippen molar-refractivity contribution in [2.45, 2.75) is 26.3 Å². The molecular weight excluding hydrogens is 316 g/mol. The van der Waals surface area contributed by atoms with Crippen LogP contribution in [-0.2, 0) is 4.79 Å². The maximum absolute atomic E-state index is 12.3. The fourth-order valence-electron chi connectivity index (χ4n) is 3.12. The van der Waals surface area contributed by atoms with Crippen molar-refractivity contribution >= 4 is 17.7 Å². The number of amides is 3. The Morgan fingerprint density at radius 3 is 2.16 bits per heavy atom. The van der Waals surface area contributed by atoms with Crippen molar-refractivity contribution in [1.29, 1.82) is 0 Å². The van der Waals surface area contributed by atoms with Crippen molar-refractivity contribution in [2.75, 3.05) is 6.54 Å². The Balaban J connectivity index is 1.59. The Kier molecular flexibility index (Phi) is 4.65. The molecule has 0 radical (unpaired) electrons. The Hall–Kier alpha value is -2.95. The second-order valence-corrected chi connectivity index (χ2v) is 6.20. The van der Waals surface area contributed by atoms with Crippen LogP contribution in [0.15, 0.2) is 48.5 Å². The topological polar surface area (TPSA) is 66.5 Å². The molecule has 0 saturated heterocycles. The summed E-state index contributed by atoms with van der Waals surface area (Å²) in [6.07, 6.45) is 0.0850. The summed E-state index contributed by atoms with van der Waals surface area (Å²) < 4.78 is 0. The van der Waals surface area contributed by atoms with Gasteiger partial charge in [0.25, 0.3) is 11.8 Å². The van der Waals surface area contributed by atoms with E-state index in [1.165, 1.54) is 0 Å². The molecule has 1 heterocycles. The zero-order valence-corrected chi connectivity index (χ0v) is 14.3. The van der Waals surface area contributed by atoms with Crippen LogP contribution in [-0.4, -0.2) is 29.2 Å². The van der Waals surface area contributed by atoms with Crippen molar-refractivity contribution in [2.24, 2.45) is 0 Å². The smallest absolute Gasteiger partial charge is 0.261 e. The van der Waals surface area contributed by atoms with Gasteiger partial charge in [0.1, 0.15) is 0 Å². The van der Waals surface area contributed by atoms with Crippen molar-refractivity contribution in [1.82, 2.24) is 10.2 Å². The fraction of sp³-hybridized carbons (Fsp3) is 0.250. The third-order valence-corrected chi connectivity index (χ3v) is 4.47. The highest BCUT2D eigenvalue weighted by Crippen LogP contribution is 2.22. The number of carbonyl (C=O) groups excluding carboxylic acids is 3. The van der Waals surface area contributed by atoms with Crippen LogP contribution >= 0.6 is 0 Å². The van der Waals surface area contributed by atoms with Gasteiger partial charge >= 0.3 is 0 Å². The Labute approximate surface area is 146 Å². The van der Waals surface area contributed by atoms with E-state index in [4.69, 9.17) is 0 Å². The standard InChI is InChI=1S/C20H20N2O3/c1-13-7-3-4-8-15(13)14(2)21-18(23)11-12-22-19(24)16-9-5-6-10-17(16)20(22)25/h3-10,14H,11-12H2,1-2H3,(H,21,23). The van der Waals surface area contributed by atoms with Crippen molar-refractivity contribution in [3.63, 3.8) is 0 Å². The molecule has 2 aromatic rings. The summed E-state index contributed by atoms with van der Waals surface area (Å²) >= 11 is 0. The number of hydrogen-bond donors (Lipinski definition) is 1. The molecule has 1 N–H and O–H groups in total. The molecule has 3 rings (SSSR count). The molecule has 0 bridgehead atoms. The predicted octanol–water partition coefficient (Wildman–Crippen LogP) is 2.86. The van der Waals surface area contributed by atoms with Crippen molar-refractivity contribution in [3.8, 4) is 0 Å². The van der Waals surface area contributed by atoms with Gasteiger partial charge in [-0.3, -0.25) is 19.3 Å². The van der Waals surface area contributed by atoms with Gasteiger partial charge in [0.15, 0.2) is 0 Å². The van der Waals surface area contributed by atoms with Crippen LogP contribution < -0.4 is 5.32 Å². The van der Waals surface area contributed by atoms with Gasteiger partial charge in [-0.25, -0.2) is 0 Å². The van der Waals surface area contributed by atoms with E-state index in [9.17, 15) is 14.4 Å². The number of nitrogens with zero attached hydrogens (tertiary/aromatic N) is 1. The molecule has 1 unspecified atom stereocenters. The van der Waals surface area contributed by atoms with E-state index in [-0.39, 0.29) is 36.7 Å². The molecule has 3 amide bonds. The molecule has 2 aromatic carbocycles. The average Bonchev–Trinajstić information content (AvgIpc) is 2.85. The summed E-state index contributed by atoms with van der Waals surface area (Å²) in [7, 11) is 0. The molecule has 0 saturated carbocycles. The van der Waals surface area contributed by atoms with Crippen molar-refractivity contribution in [3.05, 3.63) is 70.8 Å². The number of fused-ring (bicyclic) bond motifs is 1. The summed E-state index contributed by atoms with van der Waals surface area (Å²) in [5, 5.41) is 2.92. The van der Waals surface area contributed by atoms with Gasteiger partial charge in [-0.1, -0.05) is 36.4 Å². The molecule has 0 aliphatic carbocycles. The minimum atomic E-state index is -0.333. The molecule has 0 fully saturated rings. The van der Waals surface area contributed by atoms with Gasteiger partial charge in [-0.2, -0.15) is 0 Å². The third kappa shape index (κ3) is 3.31. The summed E-state index contributed by atoms with van der Waals surface area (Å²) in [6.45, 7) is 4.00. The maximum Gasteiger partial charge on any atom is 0.261 e. The molecular formula is C20H20N2O3. The first-order chi connectivity index (χ1) is 12.0. The largest absolute Gasteiger partial charge is 0.350 e. The number of imide groups is 1. The first-order valence-electron chi connectivity index (χ1n) is 8.29. The minimum Gasteiger partial charge on any atom is -0.350 e. The molecule has 128 valence electrons. The van der Waals surface area contributed by atoms with Gasteiger partial charge in [0.2, 0.25) is 5.91 Å². The highest BCUT2D eigenvalue weighted by Gasteiger charge is 2.35. The monoisotopic (exact) mass is 336 g/mol. The third-order valence-electron chi connectivity index (χ3n) is 4.47. The normalized spacial score (nSPS) is 14.4. The van der Waals surface area contributed by atoms with Crippen LogP contribution in [0.25, 0.3) is 0 Å². The highest BCUT2D eigenvalue weighted by atomic mass is 16.2. The molecule has 5 nitrogen and oxygen atoms in total. The Bertz CT molecular complexity index is 809. The summed E-state index contributed by atoms with van der Waals surface area (Å²) in [5.41, 5.74) is 2.97. The lowest BCUT2D eigenvalue weighted by Crippen LogP contribution is -2.35. The van der Waals surface area contributed by atoms with E-state index in [2.05, 4.69) is 5.32 Å². The first kappa shape index (κ1) is 16.9. The lowest BCUT2D eigenvalue weighted by molar-refractivity contribution is -0.121. The van der Waals surface area contributed by atoms with E-state index < -0.39 is 0 Å². The van der Waals surface area contributed by atoms with Crippen LogP contribution in [0.3, 0.4) is 0 Å². The second kappa shape index (κ2) is 6.89. The molecule has 0 spiro atoms. The lowest BCUT2D eigenvalue weighted by atomic mass is 10.0. The highest BCUT2D eigenvalue weighted by molar-refractivity contribution is 6.21. The molecule has 25 heavy (non-hydrogen) atoms. The molecule has 1 aliphatic heterocycles. The zero-order chi connectivity index (χ0) is 18.0. The van der Waals surface area contributed by atoms with Crippen LogP contribution in [0.5, 0.6) is 0 Å². The van der Waals surface area contributed by atoms with Gasteiger partial charge in [-0.05, 0) is 37.1 Å². The minimum absolute atomic E-state index is 0.0820. The van der Waals surface area contributed by atoms with Crippen LogP contribution in [0.2, 0.25) is 0 Å². The van der Waals surface area contributed by atoms with Crippen LogP contribution in [0.4, 0.5) is 0 Å². The van der Waals surface area contributed by atoms with Gasteiger partial charge < -0.3 is 5.32 Å². The molecule has 5 heteroatoms. The Morgan fingerprint density at radius 1 is 1.00 bits per heavy atom. The molecule has 1 atom stereocenters. The summed E-state index contributed by atoms with van der Waals surface area (Å²) in [6, 6.07) is 14.5. The predicted molar refractivity (Wildman–Crippen MR) is 94.2 cm³/mol. The number of carbonyl (C=O) groups is 3. The summed E-state index contributed by atoms with van der Waals surface area (Å²) in [5.74, 6) is -0.854. The van der Waals surface area contributed by atoms with Gasteiger partial charge in [-0.15, -0.1) is 0 Å². The van der Waals surface area contributed by atoms with Crippen LogP contribution in [0, 0.1) is 6.92 Å². The summed E-state index contributed by atoms with van der Waals surface area (Å²) in [4.78, 5) is 37.9. The van der Waals surface area contributed by atoms with E-state index in [1.807, 2.05) is 38.1 Å². The van der Waals surface area contributed by atoms with Crippen molar-refractivity contribution < 1.29 is 14.4 Å². The number of rotatable bonds is 5. The quantitative estimate of drug-likeness (QED) is 0.854. The van der Waals surface area contributed by atoms with E-state index in [0.29, 0.717) is 11.1 Å². The number of nitrogens with one attached hydrogen (secondary N) is 1. The van der Waals surface area contributed by atoms with Gasteiger partial charge in [0.05, 0.1) is 17.2 Å². The molecule has 0 aromatic heterocycles. The van der Waals surface area contributed by atoms with E-state index in [0.717, 1.165) is 16.0 Å². The van der Waals surface area contributed by atoms with E-state index >= 15 is 0 Å². The maximum atomic E-state index is 12.3. The number of aryl methyl sites for hydroxylation is 1. The lowest BCUT2D eigenvalue weighted by Gasteiger charge is -2.18. The SMILES string of the molecule is Cc1ccccc1C(C)NC(=O)CCN1C(=O)c2ccccc2C1=O. The number of benzene rings is 2. The first-order valence-corrected chi connectivity index (χ1v) is 8.29. The van der Waals surface area contributed by atoms with E-state index in [1.54, 1.807) is 24.3 Å². The van der Waals surface area contributed by atoms with Gasteiger partial charge in [0, 0.05) is 13.0 Å². The number of hydrogen-bond acceptors (Lipinski definition) is 3. The molecule has 1 aliphatic rings. The fourth-order valence-corrected chi connectivity index (χ4v) is 3.12. The Morgan fingerprint density at radius 2 is 1.56 bits per heavy atom. The average molecular weight is 336 g/mol. The second-order valence-electron chi connectivity index (χ2n) is 6.20.